The fourth-order valence-corrected chi connectivity index (χ4v) is 5.68. The standard InChI is InChI=1S/C48H78O/c1-39(2)21-16-26-42(5)29-17-27-40(3)22-12-14-24-45(8)35-36-47(10)34-20-33-44(7)32-19-31-43(6)30-18-28-41(4)23-13-15-25-46(9)37-38-48(11)49/h21-25,29-30,32,34H,12-20,26-28,31,33,35-38H2,1-11H3/b40-22+,41-23+,42-29+,43-30+,44-32+,45-24+,46-25+,47-34+. The van der Waals surface area contributed by atoms with Crippen molar-refractivity contribution in [1.29, 1.82) is 0 Å². The van der Waals surface area contributed by atoms with Gasteiger partial charge in [-0.25, -0.2) is 0 Å². The van der Waals surface area contributed by atoms with E-state index in [4.69, 9.17) is 0 Å². The molecule has 0 aliphatic carbocycles. The van der Waals surface area contributed by atoms with Gasteiger partial charge in [-0.15, -0.1) is 0 Å². The molecule has 0 fully saturated rings. The first-order valence-corrected chi connectivity index (χ1v) is 19.7. The minimum absolute atomic E-state index is 0.279. The van der Waals surface area contributed by atoms with Crippen LogP contribution in [-0.4, -0.2) is 5.78 Å². The zero-order valence-corrected chi connectivity index (χ0v) is 34.3. The highest BCUT2D eigenvalue weighted by atomic mass is 16.1. The van der Waals surface area contributed by atoms with Crippen LogP contribution in [0.2, 0.25) is 0 Å². The second-order valence-electron chi connectivity index (χ2n) is 15.2. The molecule has 0 aliphatic rings. The molecular formula is C48H78O. The first-order chi connectivity index (χ1) is 23.3. The van der Waals surface area contributed by atoms with E-state index in [9.17, 15) is 4.79 Å². The number of rotatable bonds is 27. The Morgan fingerprint density at radius 3 is 0.714 bits per heavy atom. The molecule has 0 heterocycles. The Hall–Kier alpha value is -2.67. The lowest BCUT2D eigenvalue weighted by molar-refractivity contribution is -0.116. The summed E-state index contributed by atoms with van der Waals surface area (Å²) in [6.45, 7) is 24.2. The lowest BCUT2D eigenvalue weighted by Gasteiger charge is -2.05. The quantitative estimate of drug-likeness (QED) is 0.0628. The Bertz CT molecular complexity index is 1210. The van der Waals surface area contributed by atoms with Crippen LogP contribution in [0.1, 0.15) is 192 Å². The molecule has 49 heavy (non-hydrogen) atoms. The Balaban J connectivity index is 4.22. The van der Waals surface area contributed by atoms with Gasteiger partial charge in [0.15, 0.2) is 0 Å². The van der Waals surface area contributed by atoms with Gasteiger partial charge < -0.3 is 4.79 Å². The van der Waals surface area contributed by atoms with Gasteiger partial charge >= 0.3 is 0 Å². The Labute approximate surface area is 306 Å². The molecular weight excluding hydrogens is 593 g/mol. The van der Waals surface area contributed by atoms with Gasteiger partial charge in [-0.05, 0) is 185 Å². The van der Waals surface area contributed by atoms with Crippen LogP contribution in [0.25, 0.3) is 0 Å². The number of allylic oxidation sites excluding steroid dienone is 18. The Kier molecular flexibility index (Phi) is 28.5. The fourth-order valence-electron chi connectivity index (χ4n) is 5.68. The summed E-state index contributed by atoms with van der Waals surface area (Å²) in [6, 6.07) is 0. The predicted octanol–water partition coefficient (Wildman–Crippen LogP) is 16.1. The van der Waals surface area contributed by atoms with Crippen molar-refractivity contribution in [3.05, 3.63) is 105 Å². The molecule has 1 heteroatoms. The van der Waals surface area contributed by atoms with Gasteiger partial charge in [0.2, 0.25) is 0 Å². The SMILES string of the molecule is CC(=O)CC/C(C)=C/CC/C=C(\C)CC/C=C(\C)CC/C=C(\C)CC/C=C(\C)CC/C(C)=C/CC/C=C(\C)CC/C=C(\C)CCC=C(C)C. The summed E-state index contributed by atoms with van der Waals surface area (Å²) >= 11 is 0. The molecule has 0 aromatic carbocycles. The first-order valence-electron chi connectivity index (χ1n) is 19.7. The molecule has 0 bridgehead atoms. The van der Waals surface area contributed by atoms with E-state index in [0.29, 0.717) is 6.42 Å². The van der Waals surface area contributed by atoms with Crippen LogP contribution in [-0.2, 0) is 4.79 Å². The van der Waals surface area contributed by atoms with E-state index in [0.717, 1.165) is 64.2 Å². The predicted molar refractivity (Wildman–Crippen MR) is 223 cm³/mol. The van der Waals surface area contributed by atoms with Gasteiger partial charge in [0.25, 0.3) is 0 Å². The van der Waals surface area contributed by atoms with E-state index in [1.165, 1.54) is 95.1 Å². The summed E-state index contributed by atoms with van der Waals surface area (Å²) in [5, 5.41) is 0. The minimum Gasteiger partial charge on any atom is -0.300 e. The summed E-state index contributed by atoms with van der Waals surface area (Å²) in [7, 11) is 0. The lowest BCUT2D eigenvalue weighted by Crippen LogP contribution is -1.89. The normalized spacial score (nSPS) is 14.5. The van der Waals surface area contributed by atoms with Gasteiger partial charge in [-0.3, -0.25) is 0 Å². The molecule has 0 saturated heterocycles. The second-order valence-corrected chi connectivity index (χ2v) is 15.2. The van der Waals surface area contributed by atoms with Crippen LogP contribution in [0.15, 0.2) is 105 Å². The number of ketones is 1. The van der Waals surface area contributed by atoms with E-state index in [-0.39, 0.29) is 5.78 Å². The molecule has 276 valence electrons. The number of carbonyl (C=O) groups is 1. The maximum absolute atomic E-state index is 11.1. The van der Waals surface area contributed by atoms with Crippen LogP contribution in [0, 0.1) is 0 Å². The van der Waals surface area contributed by atoms with Crippen molar-refractivity contribution in [3.63, 3.8) is 0 Å². The van der Waals surface area contributed by atoms with Gasteiger partial charge in [-0.1, -0.05) is 105 Å². The van der Waals surface area contributed by atoms with E-state index in [1.54, 1.807) is 6.92 Å². The third kappa shape index (κ3) is 32.3. The van der Waals surface area contributed by atoms with E-state index < -0.39 is 0 Å². The molecule has 0 amide bonds. The summed E-state index contributed by atoms with van der Waals surface area (Å²) in [5.41, 5.74) is 13.4. The van der Waals surface area contributed by atoms with E-state index >= 15 is 0 Å². The summed E-state index contributed by atoms with van der Waals surface area (Å²) in [6.07, 6.45) is 41.7. The van der Waals surface area contributed by atoms with E-state index in [2.05, 4.69) is 124 Å². The highest BCUT2D eigenvalue weighted by Gasteiger charge is 1.98. The van der Waals surface area contributed by atoms with Crippen LogP contribution >= 0.6 is 0 Å². The van der Waals surface area contributed by atoms with Gasteiger partial charge in [0.1, 0.15) is 5.78 Å². The number of unbranched alkanes of at least 4 members (excludes halogenated alkanes) is 2. The number of hydrogen-bond acceptors (Lipinski definition) is 1. The molecule has 0 atom stereocenters. The molecule has 0 aliphatic heterocycles. The van der Waals surface area contributed by atoms with Gasteiger partial charge in [0.05, 0.1) is 0 Å². The van der Waals surface area contributed by atoms with Crippen LogP contribution in [0.4, 0.5) is 0 Å². The van der Waals surface area contributed by atoms with Gasteiger partial charge in [0, 0.05) is 6.42 Å². The van der Waals surface area contributed by atoms with Crippen molar-refractivity contribution in [3.8, 4) is 0 Å². The highest BCUT2D eigenvalue weighted by Crippen LogP contribution is 2.18. The van der Waals surface area contributed by atoms with Crippen LogP contribution < -0.4 is 0 Å². The van der Waals surface area contributed by atoms with E-state index in [1.807, 2.05) is 0 Å². The van der Waals surface area contributed by atoms with Crippen molar-refractivity contribution in [2.75, 3.05) is 0 Å². The maximum atomic E-state index is 11.1. The van der Waals surface area contributed by atoms with Crippen LogP contribution in [0.5, 0.6) is 0 Å². The largest absolute Gasteiger partial charge is 0.300 e. The highest BCUT2D eigenvalue weighted by molar-refractivity contribution is 5.75. The van der Waals surface area contributed by atoms with Crippen molar-refractivity contribution in [2.24, 2.45) is 0 Å². The molecule has 0 unspecified atom stereocenters. The number of Topliss-reactive ketones (excluding diaryl/α,β-unsaturated/α-hetero) is 1. The first kappa shape index (κ1) is 46.3. The average Bonchev–Trinajstić information content (AvgIpc) is 3.03. The zero-order valence-electron chi connectivity index (χ0n) is 34.3. The third-order valence-corrected chi connectivity index (χ3v) is 9.31. The lowest BCUT2D eigenvalue weighted by atomic mass is 10.0. The maximum Gasteiger partial charge on any atom is 0.130 e. The van der Waals surface area contributed by atoms with Crippen molar-refractivity contribution in [2.45, 2.75) is 192 Å². The third-order valence-electron chi connectivity index (χ3n) is 9.31. The van der Waals surface area contributed by atoms with Crippen molar-refractivity contribution in [1.82, 2.24) is 0 Å². The molecule has 0 aromatic heterocycles. The average molecular weight is 671 g/mol. The molecule has 0 N–H and O–H groups in total. The molecule has 0 spiro atoms. The monoisotopic (exact) mass is 671 g/mol. The number of hydrogen-bond donors (Lipinski definition) is 0. The Morgan fingerprint density at radius 2 is 0.469 bits per heavy atom. The number of carbonyl (C=O) groups excluding carboxylic acids is 1. The topological polar surface area (TPSA) is 17.1 Å². The van der Waals surface area contributed by atoms with Crippen molar-refractivity contribution < 1.29 is 4.79 Å². The summed E-state index contributed by atoms with van der Waals surface area (Å²) < 4.78 is 0. The van der Waals surface area contributed by atoms with Gasteiger partial charge in [-0.2, -0.15) is 0 Å². The van der Waals surface area contributed by atoms with Crippen molar-refractivity contribution >= 4 is 5.78 Å². The summed E-state index contributed by atoms with van der Waals surface area (Å²) in [5.74, 6) is 0.279. The second kappa shape index (κ2) is 30.2. The molecule has 0 radical (unpaired) electrons. The minimum atomic E-state index is 0.279. The van der Waals surface area contributed by atoms with Crippen LogP contribution in [0.3, 0.4) is 0 Å². The zero-order chi connectivity index (χ0) is 36.9. The smallest absolute Gasteiger partial charge is 0.130 e. The molecule has 0 saturated carbocycles. The Morgan fingerprint density at radius 1 is 0.265 bits per heavy atom. The fraction of sp³-hybridized carbons (Fsp3) is 0.604. The molecule has 0 rings (SSSR count). The molecule has 0 aromatic rings. The molecule has 1 nitrogen and oxygen atoms in total. The summed E-state index contributed by atoms with van der Waals surface area (Å²) in [4.78, 5) is 11.1.